The van der Waals surface area contributed by atoms with Gasteiger partial charge in [-0.25, -0.2) is 4.39 Å². The Balaban J connectivity index is 1.69. The van der Waals surface area contributed by atoms with E-state index in [0.29, 0.717) is 73.5 Å². The van der Waals surface area contributed by atoms with E-state index in [2.05, 4.69) is 0 Å². The highest BCUT2D eigenvalue weighted by molar-refractivity contribution is 6.30. The van der Waals surface area contributed by atoms with E-state index < -0.39 is 17.5 Å². The van der Waals surface area contributed by atoms with E-state index in [1.165, 1.54) is 6.07 Å². The van der Waals surface area contributed by atoms with Crippen molar-refractivity contribution in [3.8, 4) is 11.1 Å². The number of piperidine rings is 1. The molecule has 2 aromatic carbocycles. The smallest absolute Gasteiger partial charge is 0.225 e. The van der Waals surface area contributed by atoms with Gasteiger partial charge in [-0.15, -0.1) is 0 Å². The quantitative estimate of drug-likeness (QED) is 0.428. The largest absolute Gasteiger partial charge is 0.393 e. The lowest BCUT2D eigenvalue weighted by Gasteiger charge is -2.44. The molecule has 0 spiro atoms. The summed E-state index contributed by atoms with van der Waals surface area (Å²) in [6.07, 6.45) is 4.87. The molecule has 2 N–H and O–H groups in total. The van der Waals surface area contributed by atoms with Gasteiger partial charge in [0.05, 0.1) is 11.7 Å². The summed E-state index contributed by atoms with van der Waals surface area (Å²) in [5.74, 6) is -0.755. The molecule has 0 aromatic heterocycles. The van der Waals surface area contributed by atoms with Crippen molar-refractivity contribution in [2.45, 2.75) is 63.1 Å². The molecular weight excluding hydrogens is 481 g/mol. The van der Waals surface area contributed by atoms with Gasteiger partial charge in [-0.1, -0.05) is 35.9 Å². The number of ether oxygens (including phenoxy) is 1. The third-order valence-electron chi connectivity index (χ3n) is 7.91. The van der Waals surface area contributed by atoms with Crippen LogP contribution in [0.2, 0.25) is 5.02 Å². The first-order valence-electron chi connectivity index (χ1n) is 13.1. The fraction of sp³-hybridized carbons (Fsp3) is 0.552. The van der Waals surface area contributed by atoms with Crippen molar-refractivity contribution in [2.75, 3.05) is 26.8 Å². The number of aliphatic hydroxyl groups excluding tert-OH is 1. The first-order chi connectivity index (χ1) is 17.3. The van der Waals surface area contributed by atoms with Gasteiger partial charge in [0, 0.05) is 49.2 Å². The van der Waals surface area contributed by atoms with Crippen LogP contribution in [-0.4, -0.2) is 53.9 Å². The molecule has 1 saturated heterocycles. The molecule has 0 bridgehead atoms. The second-order valence-corrected chi connectivity index (χ2v) is 10.8. The first-order valence-corrected chi connectivity index (χ1v) is 13.4. The van der Waals surface area contributed by atoms with Gasteiger partial charge in [0.25, 0.3) is 0 Å². The Bertz CT molecular complexity index is 1050. The normalized spacial score (nSPS) is 24.0. The Labute approximate surface area is 218 Å². The number of amides is 1. The molecule has 2 fully saturated rings. The molecule has 2 aromatic rings. The molecule has 36 heavy (non-hydrogen) atoms. The highest BCUT2D eigenvalue weighted by Gasteiger charge is 2.44. The molecule has 1 aliphatic carbocycles. The van der Waals surface area contributed by atoms with Crippen LogP contribution >= 0.6 is 11.6 Å². The number of aliphatic hydroxyl groups is 2. The topological polar surface area (TPSA) is 70.0 Å². The number of nitrogens with zero attached hydrogens (tertiary/aromatic N) is 1. The minimum atomic E-state index is -1.33. The van der Waals surface area contributed by atoms with Gasteiger partial charge >= 0.3 is 0 Å². The Morgan fingerprint density at radius 2 is 2.00 bits per heavy atom. The highest BCUT2D eigenvalue weighted by atomic mass is 35.5. The molecule has 4 atom stereocenters. The molecule has 1 heterocycles. The van der Waals surface area contributed by atoms with E-state index in [-0.39, 0.29) is 17.7 Å². The summed E-state index contributed by atoms with van der Waals surface area (Å²) in [7, 11) is 1.65. The summed E-state index contributed by atoms with van der Waals surface area (Å²) in [6.45, 7) is 1.64. The molecule has 1 amide bonds. The van der Waals surface area contributed by atoms with Crippen LogP contribution in [0.25, 0.3) is 11.1 Å². The maximum atomic E-state index is 15.4. The molecule has 1 aliphatic heterocycles. The Morgan fingerprint density at radius 3 is 2.72 bits per heavy atom. The zero-order valence-corrected chi connectivity index (χ0v) is 21.7. The van der Waals surface area contributed by atoms with E-state index in [1.54, 1.807) is 37.4 Å². The molecule has 196 valence electrons. The summed E-state index contributed by atoms with van der Waals surface area (Å²) in [5, 5.41) is 22.9. The van der Waals surface area contributed by atoms with Gasteiger partial charge < -0.3 is 19.8 Å². The molecule has 1 saturated carbocycles. The lowest BCUT2D eigenvalue weighted by molar-refractivity contribution is -0.141. The average Bonchev–Trinajstić information content (AvgIpc) is 3.32. The van der Waals surface area contributed by atoms with E-state index in [4.69, 9.17) is 16.3 Å². The molecule has 4 rings (SSSR count). The van der Waals surface area contributed by atoms with E-state index in [1.807, 2.05) is 11.0 Å². The zero-order chi connectivity index (χ0) is 25.7. The van der Waals surface area contributed by atoms with Crippen LogP contribution in [0.5, 0.6) is 0 Å². The number of likely N-dealkylation sites (tertiary alicyclic amines) is 1. The second kappa shape index (κ2) is 12.0. The minimum Gasteiger partial charge on any atom is -0.393 e. The number of unbranched alkanes of at least 4 members (excludes halogenated alkanes) is 1. The number of hydrogen-bond donors (Lipinski definition) is 2. The van der Waals surface area contributed by atoms with Gasteiger partial charge in [-0.3, -0.25) is 4.79 Å². The number of halogens is 2. The van der Waals surface area contributed by atoms with E-state index in [9.17, 15) is 15.0 Å². The number of carbonyl (C=O) groups is 1. The summed E-state index contributed by atoms with van der Waals surface area (Å²) < 4.78 is 20.6. The van der Waals surface area contributed by atoms with Gasteiger partial charge in [0.2, 0.25) is 5.91 Å². The van der Waals surface area contributed by atoms with Crippen LogP contribution in [0.4, 0.5) is 4.39 Å². The molecule has 0 radical (unpaired) electrons. The standard InChI is InChI=1S/C29H37ClFNO4/c1-36-16-3-2-14-29(35,22-8-6-15-32(19-22)28(34)21-12-13-24(33)18-21)25-10-5-11-26(31)27(25)20-7-4-9-23(30)17-20/h4-5,7,9-11,17,21-22,24,33,35H,2-3,6,8,12-16,18-19H2,1H3/t21-,22+,24+,29-/m0/s1. The van der Waals surface area contributed by atoms with Crippen LogP contribution in [-0.2, 0) is 15.1 Å². The minimum absolute atomic E-state index is 0.0623. The van der Waals surface area contributed by atoms with Crippen molar-refractivity contribution in [2.24, 2.45) is 11.8 Å². The Morgan fingerprint density at radius 1 is 1.19 bits per heavy atom. The van der Waals surface area contributed by atoms with Crippen molar-refractivity contribution in [3.05, 3.63) is 58.9 Å². The molecule has 0 unspecified atom stereocenters. The average molecular weight is 518 g/mol. The maximum Gasteiger partial charge on any atom is 0.225 e. The van der Waals surface area contributed by atoms with Crippen LogP contribution < -0.4 is 0 Å². The summed E-state index contributed by atoms with van der Waals surface area (Å²) >= 11 is 6.25. The predicted molar refractivity (Wildman–Crippen MR) is 139 cm³/mol. The van der Waals surface area contributed by atoms with Gasteiger partial charge in [0.15, 0.2) is 0 Å². The van der Waals surface area contributed by atoms with Crippen LogP contribution in [0, 0.1) is 17.7 Å². The molecular formula is C29H37ClFNO4. The van der Waals surface area contributed by atoms with Crippen LogP contribution in [0.1, 0.15) is 56.9 Å². The van der Waals surface area contributed by atoms with Gasteiger partial charge in [0.1, 0.15) is 5.82 Å². The van der Waals surface area contributed by atoms with Crippen molar-refractivity contribution in [1.82, 2.24) is 4.90 Å². The third kappa shape index (κ3) is 5.94. The summed E-state index contributed by atoms with van der Waals surface area (Å²) in [6, 6.07) is 11.9. The second-order valence-electron chi connectivity index (χ2n) is 10.3. The summed E-state index contributed by atoms with van der Waals surface area (Å²) in [5.41, 5.74) is 0.186. The van der Waals surface area contributed by atoms with Crippen LogP contribution in [0.3, 0.4) is 0 Å². The number of carbonyl (C=O) groups excluding carboxylic acids is 1. The number of benzene rings is 2. The lowest BCUT2D eigenvalue weighted by Crippen LogP contribution is -2.49. The number of rotatable bonds is 9. The van der Waals surface area contributed by atoms with Crippen LogP contribution in [0.15, 0.2) is 42.5 Å². The molecule has 2 aliphatic rings. The third-order valence-corrected chi connectivity index (χ3v) is 8.15. The van der Waals surface area contributed by atoms with Crippen molar-refractivity contribution in [3.63, 3.8) is 0 Å². The zero-order valence-electron chi connectivity index (χ0n) is 21.0. The lowest BCUT2D eigenvalue weighted by atomic mass is 9.72. The number of methoxy groups -OCH3 is 1. The Hall–Kier alpha value is -1.99. The Kier molecular flexibility index (Phi) is 9.05. The SMILES string of the molecule is COCCCC[C@@](O)(c1cccc(F)c1-c1cccc(Cl)c1)[C@@H]1CCCN(C(=O)[C@H]2CC[C@@H](O)C2)C1. The number of hydrogen-bond acceptors (Lipinski definition) is 4. The van der Waals surface area contributed by atoms with Crippen molar-refractivity contribution < 1.29 is 24.1 Å². The van der Waals surface area contributed by atoms with E-state index >= 15 is 4.39 Å². The maximum absolute atomic E-state index is 15.4. The first kappa shape index (κ1) is 27.1. The van der Waals surface area contributed by atoms with E-state index in [0.717, 1.165) is 19.3 Å². The van der Waals surface area contributed by atoms with Gasteiger partial charge in [-0.05, 0) is 80.7 Å². The summed E-state index contributed by atoms with van der Waals surface area (Å²) in [4.78, 5) is 15.1. The molecule has 5 nitrogen and oxygen atoms in total. The fourth-order valence-corrected chi connectivity index (χ4v) is 6.22. The van der Waals surface area contributed by atoms with Gasteiger partial charge in [-0.2, -0.15) is 0 Å². The van der Waals surface area contributed by atoms with Crippen molar-refractivity contribution >= 4 is 17.5 Å². The van der Waals surface area contributed by atoms with Crippen molar-refractivity contribution in [1.29, 1.82) is 0 Å². The predicted octanol–water partition coefficient (Wildman–Crippen LogP) is 5.55. The monoisotopic (exact) mass is 517 g/mol. The molecule has 7 heteroatoms. The fourth-order valence-electron chi connectivity index (χ4n) is 6.03. The highest BCUT2D eigenvalue weighted by Crippen LogP contribution is 2.45.